The maximum Gasteiger partial charge on any atom is 0.282 e. The van der Waals surface area contributed by atoms with Gasteiger partial charge in [-0.1, -0.05) is 36.6 Å². The van der Waals surface area contributed by atoms with Crippen LogP contribution in [0.1, 0.15) is 46.4 Å². The number of amides is 3. The molecular weight excluding hydrogens is 450 g/mol. The predicted octanol–water partition coefficient (Wildman–Crippen LogP) is 3.66. The number of rotatable bonds is 6. The van der Waals surface area contributed by atoms with Crippen molar-refractivity contribution in [3.05, 3.63) is 74.8 Å². The van der Waals surface area contributed by atoms with E-state index in [0.29, 0.717) is 17.9 Å². The van der Waals surface area contributed by atoms with Gasteiger partial charge in [0.05, 0.1) is 16.8 Å². The van der Waals surface area contributed by atoms with E-state index >= 15 is 0 Å². The molecule has 0 radical (unpaired) electrons. The third-order valence-corrected chi connectivity index (χ3v) is 6.34. The summed E-state index contributed by atoms with van der Waals surface area (Å²) in [7, 11) is 0. The maximum atomic E-state index is 13.5. The topological polar surface area (TPSA) is 118 Å². The number of hydrazine groups is 1. The van der Waals surface area contributed by atoms with Gasteiger partial charge in [-0.05, 0) is 43.2 Å². The molecule has 1 saturated carbocycles. The van der Waals surface area contributed by atoms with E-state index in [1.807, 2.05) is 0 Å². The van der Waals surface area contributed by atoms with E-state index in [0.717, 1.165) is 28.9 Å². The molecule has 10 heteroatoms. The van der Waals surface area contributed by atoms with Gasteiger partial charge in [-0.3, -0.25) is 29.3 Å². The lowest BCUT2D eigenvalue weighted by Gasteiger charge is -2.30. The third kappa shape index (κ3) is 4.23. The Labute approximate surface area is 194 Å². The molecule has 2 aliphatic rings. The molecule has 0 N–H and O–H groups in total. The van der Waals surface area contributed by atoms with E-state index in [9.17, 15) is 29.3 Å². The van der Waals surface area contributed by atoms with E-state index < -0.39 is 52.5 Å². The van der Waals surface area contributed by atoms with Crippen LogP contribution in [-0.4, -0.2) is 45.0 Å². The molecule has 9 nitrogen and oxygen atoms in total. The molecular formula is C23H20ClN3O6. The van der Waals surface area contributed by atoms with Crippen molar-refractivity contribution in [2.45, 2.75) is 25.7 Å². The van der Waals surface area contributed by atoms with Gasteiger partial charge in [-0.25, -0.2) is 5.01 Å². The van der Waals surface area contributed by atoms with Gasteiger partial charge in [0.15, 0.2) is 5.78 Å². The average Bonchev–Trinajstić information content (AvgIpc) is 3.07. The molecule has 1 heterocycles. The monoisotopic (exact) mass is 469 g/mol. The van der Waals surface area contributed by atoms with Crippen LogP contribution < -0.4 is 0 Å². The molecule has 1 aliphatic carbocycles. The molecule has 0 bridgehead atoms. The minimum absolute atomic E-state index is 0.219. The zero-order chi connectivity index (χ0) is 23.7. The van der Waals surface area contributed by atoms with E-state index in [4.69, 9.17) is 11.6 Å². The van der Waals surface area contributed by atoms with Gasteiger partial charge >= 0.3 is 0 Å². The number of halogens is 1. The summed E-state index contributed by atoms with van der Waals surface area (Å²) in [6.07, 6.45) is 2.61. The summed E-state index contributed by atoms with van der Waals surface area (Å²) < 4.78 is 0. The number of hydrogen-bond acceptors (Lipinski definition) is 6. The number of carbonyl (C=O) groups is 4. The SMILES string of the molecule is O=C(CN(C(=O)c1ccccc1[N+](=O)[O-])N1C(=O)[C@@H]2CCCC[C@H]2C1=O)c1ccc(Cl)cc1. The van der Waals surface area contributed by atoms with Crippen LogP contribution in [0.15, 0.2) is 48.5 Å². The summed E-state index contributed by atoms with van der Waals surface area (Å²) >= 11 is 5.87. The van der Waals surface area contributed by atoms with E-state index in [-0.39, 0.29) is 11.1 Å². The standard InChI is InChI=1S/C23H20ClN3O6/c24-15-11-9-14(10-12-15)20(28)13-25(21(29)18-7-3-4-8-19(18)27(32)33)26-22(30)16-5-1-2-6-17(16)23(26)31/h3-4,7-12,16-17H,1-2,5-6,13H2/t16-,17-/m1/s1. The highest BCUT2D eigenvalue weighted by molar-refractivity contribution is 6.30. The van der Waals surface area contributed by atoms with Crippen molar-refractivity contribution in [3.63, 3.8) is 0 Å². The summed E-state index contributed by atoms with van der Waals surface area (Å²) in [6, 6.07) is 11.2. The Morgan fingerprint density at radius 3 is 2.15 bits per heavy atom. The quantitative estimate of drug-likeness (QED) is 0.276. The molecule has 3 amide bonds. The lowest BCUT2D eigenvalue weighted by molar-refractivity contribution is -0.385. The number of fused-ring (bicyclic) bond motifs is 1. The minimum Gasteiger partial charge on any atom is -0.292 e. The van der Waals surface area contributed by atoms with Crippen molar-refractivity contribution in [3.8, 4) is 0 Å². The highest BCUT2D eigenvalue weighted by Gasteiger charge is 2.52. The zero-order valence-corrected chi connectivity index (χ0v) is 18.2. The molecule has 2 fully saturated rings. The van der Waals surface area contributed by atoms with Gasteiger partial charge in [0.1, 0.15) is 12.1 Å². The molecule has 0 spiro atoms. The largest absolute Gasteiger partial charge is 0.292 e. The van der Waals surface area contributed by atoms with Gasteiger partial charge in [-0.2, -0.15) is 5.01 Å². The van der Waals surface area contributed by atoms with Gasteiger partial charge in [-0.15, -0.1) is 0 Å². The minimum atomic E-state index is -0.968. The second-order valence-electron chi connectivity index (χ2n) is 8.05. The van der Waals surface area contributed by atoms with Crippen LogP contribution in [-0.2, 0) is 9.59 Å². The van der Waals surface area contributed by atoms with Crippen LogP contribution >= 0.6 is 11.6 Å². The fourth-order valence-corrected chi connectivity index (χ4v) is 4.56. The summed E-state index contributed by atoms with van der Waals surface area (Å²) in [5.41, 5.74) is -0.582. The highest BCUT2D eigenvalue weighted by atomic mass is 35.5. The number of nitrogens with zero attached hydrogens (tertiary/aromatic N) is 3. The molecule has 4 rings (SSSR count). The Hall–Kier alpha value is -3.59. The van der Waals surface area contributed by atoms with E-state index in [2.05, 4.69) is 0 Å². The summed E-state index contributed by atoms with van der Waals surface area (Å²) in [5.74, 6) is -3.74. The highest BCUT2D eigenvalue weighted by Crippen LogP contribution is 2.39. The van der Waals surface area contributed by atoms with E-state index in [1.165, 1.54) is 42.5 Å². The number of carbonyl (C=O) groups excluding carboxylic acids is 4. The smallest absolute Gasteiger partial charge is 0.282 e. The van der Waals surface area contributed by atoms with Crippen LogP contribution in [0.5, 0.6) is 0 Å². The fourth-order valence-electron chi connectivity index (χ4n) is 4.43. The number of imide groups is 1. The Morgan fingerprint density at radius 2 is 1.58 bits per heavy atom. The lowest BCUT2D eigenvalue weighted by Crippen LogP contribution is -2.52. The van der Waals surface area contributed by atoms with Gasteiger partial charge in [0, 0.05) is 16.7 Å². The number of nitro groups is 1. The first kappa shape index (κ1) is 22.6. The summed E-state index contributed by atoms with van der Waals surface area (Å²) in [4.78, 5) is 63.5. The second-order valence-corrected chi connectivity index (χ2v) is 8.49. The van der Waals surface area contributed by atoms with Crippen molar-refractivity contribution in [1.82, 2.24) is 10.0 Å². The molecule has 0 aromatic heterocycles. The Bertz CT molecular complexity index is 1130. The summed E-state index contributed by atoms with van der Waals surface area (Å²) in [6.45, 7) is -0.635. The first-order valence-corrected chi connectivity index (χ1v) is 10.9. The molecule has 2 aromatic rings. The van der Waals surface area contributed by atoms with Crippen LogP contribution in [0.2, 0.25) is 5.02 Å². The number of ketones is 1. The Balaban J connectivity index is 1.74. The lowest BCUT2D eigenvalue weighted by atomic mass is 9.81. The molecule has 0 unspecified atom stereocenters. The van der Waals surface area contributed by atoms with E-state index in [1.54, 1.807) is 0 Å². The van der Waals surface area contributed by atoms with Crippen LogP contribution in [0.3, 0.4) is 0 Å². The number of Topliss-reactive ketones (excluding diaryl/α,β-unsaturated/α-hetero) is 1. The molecule has 1 aliphatic heterocycles. The number of benzene rings is 2. The Morgan fingerprint density at radius 1 is 1.00 bits per heavy atom. The number of hydrogen-bond donors (Lipinski definition) is 0. The normalized spacial score (nSPS) is 19.8. The van der Waals surface area contributed by atoms with Crippen molar-refractivity contribution in [1.29, 1.82) is 0 Å². The van der Waals surface area contributed by atoms with Crippen molar-refractivity contribution >= 4 is 40.8 Å². The molecule has 1 saturated heterocycles. The van der Waals surface area contributed by atoms with Crippen LogP contribution in [0, 0.1) is 22.0 Å². The Kier molecular flexibility index (Phi) is 6.24. The van der Waals surface area contributed by atoms with Gasteiger partial charge < -0.3 is 0 Å². The maximum absolute atomic E-state index is 13.5. The van der Waals surface area contributed by atoms with Crippen molar-refractivity contribution < 1.29 is 24.1 Å². The van der Waals surface area contributed by atoms with Gasteiger partial charge in [0.25, 0.3) is 23.4 Å². The van der Waals surface area contributed by atoms with Crippen LogP contribution in [0.4, 0.5) is 5.69 Å². The fraction of sp³-hybridized carbons (Fsp3) is 0.304. The average molecular weight is 470 g/mol. The van der Waals surface area contributed by atoms with Crippen molar-refractivity contribution in [2.24, 2.45) is 11.8 Å². The predicted molar refractivity (Wildman–Crippen MR) is 117 cm³/mol. The molecule has 2 atom stereocenters. The molecule has 170 valence electrons. The molecule has 2 aromatic carbocycles. The first-order valence-electron chi connectivity index (χ1n) is 10.5. The zero-order valence-electron chi connectivity index (χ0n) is 17.5. The summed E-state index contributed by atoms with van der Waals surface area (Å²) in [5, 5.41) is 13.4. The van der Waals surface area contributed by atoms with Crippen molar-refractivity contribution in [2.75, 3.05) is 6.54 Å². The third-order valence-electron chi connectivity index (χ3n) is 6.08. The first-order chi connectivity index (χ1) is 15.8. The van der Waals surface area contributed by atoms with Crippen LogP contribution in [0.25, 0.3) is 0 Å². The number of para-hydroxylation sites is 1. The number of nitro benzene ring substituents is 1. The molecule has 33 heavy (non-hydrogen) atoms. The van der Waals surface area contributed by atoms with Gasteiger partial charge in [0.2, 0.25) is 0 Å². The second kappa shape index (κ2) is 9.11.